The van der Waals surface area contributed by atoms with Crippen LogP contribution in [0.2, 0.25) is 0 Å². The Morgan fingerprint density at radius 1 is 0.549 bits per heavy atom. The van der Waals surface area contributed by atoms with Gasteiger partial charge in [-0.2, -0.15) is 0 Å². The van der Waals surface area contributed by atoms with Gasteiger partial charge in [-0.05, 0) is 102 Å². The van der Waals surface area contributed by atoms with Gasteiger partial charge in [0.2, 0.25) is 47.3 Å². The average molecular weight is 1010 g/mol. The summed E-state index contributed by atoms with van der Waals surface area (Å²) >= 11 is 0. The fraction of sp³-hybridized carbons (Fsp3) is 0.756. The maximum absolute atomic E-state index is 13.9. The largest absolute Gasteiger partial charge is 0.481 e. The van der Waals surface area contributed by atoms with Gasteiger partial charge in [-0.15, -0.1) is 0 Å². The highest BCUT2D eigenvalue weighted by molar-refractivity contribution is 5.97. The summed E-state index contributed by atoms with van der Waals surface area (Å²) in [5, 5.41) is 49.2. The molecule has 26 heteroatoms. The second-order valence-electron chi connectivity index (χ2n) is 18.4. The van der Waals surface area contributed by atoms with Gasteiger partial charge < -0.3 is 81.0 Å². The van der Waals surface area contributed by atoms with E-state index in [2.05, 4.69) is 47.9 Å². The lowest BCUT2D eigenvalue weighted by atomic mass is 9.97. The maximum atomic E-state index is 13.9. The third-order valence-corrected chi connectivity index (χ3v) is 11.3. The number of carboxylic acids is 2. The van der Waals surface area contributed by atoms with Crippen LogP contribution in [0.1, 0.15) is 126 Å². The molecular weight excluding hydrogens is 929 g/mol. The Morgan fingerprint density at radius 3 is 1.49 bits per heavy atom. The van der Waals surface area contributed by atoms with Crippen molar-refractivity contribution in [2.45, 2.75) is 174 Å². The Hall–Kier alpha value is -6.15. The molecule has 0 saturated heterocycles. The minimum Gasteiger partial charge on any atom is -0.481 e. The maximum Gasteiger partial charge on any atom is 0.326 e. The van der Waals surface area contributed by atoms with Crippen molar-refractivity contribution in [3.63, 3.8) is 0 Å². The van der Waals surface area contributed by atoms with Crippen LogP contribution in [0.15, 0.2) is 0 Å². The smallest absolute Gasteiger partial charge is 0.326 e. The van der Waals surface area contributed by atoms with Crippen LogP contribution in [0.3, 0.4) is 0 Å². The van der Waals surface area contributed by atoms with Gasteiger partial charge in [-0.3, -0.25) is 48.6 Å². The summed E-state index contributed by atoms with van der Waals surface area (Å²) in [6, 6.07) is -9.90. The molecule has 0 heterocycles. The predicted molar refractivity (Wildman–Crippen MR) is 263 cm³/mol. The molecule has 0 aromatic heterocycles. The lowest BCUT2D eigenvalue weighted by Gasteiger charge is -2.28. The summed E-state index contributed by atoms with van der Waals surface area (Å²) in [4.78, 5) is 131. The zero-order valence-electron chi connectivity index (χ0n) is 42.5. The SMILES string of the molecule is CCC(C)C(NC(=O)CNC(=O)C(CCCNC(=N)N)NC(=O)C(CCCCN)NC(=O)C(N)CC(C)C)C(=O)NC(CCC(=O)O)C(=O)NC(CCCCN)C(=O)NC(C)C(=O)NC(C(=O)O)C(C)C. The molecule has 0 aliphatic heterocycles. The molecule has 9 atom stereocenters. The van der Waals surface area contributed by atoms with E-state index in [1.807, 2.05) is 13.8 Å². The Morgan fingerprint density at radius 2 is 1.03 bits per heavy atom. The van der Waals surface area contributed by atoms with Gasteiger partial charge in [0.15, 0.2) is 5.96 Å². The molecule has 0 aliphatic carbocycles. The average Bonchev–Trinajstić information content (AvgIpc) is 3.29. The van der Waals surface area contributed by atoms with E-state index in [9.17, 15) is 58.2 Å². The number of nitrogens with two attached hydrogens (primary N) is 4. The van der Waals surface area contributed by atoms with E-state index >= 15 is 0 Å². The Bertz CT molecular complexity index is 1770. The van der Waals surface area contributed by atoms with E-state index in [1.165, 1.54) is 6.92 Å². The zero-order chi connectivity index (χ0) is 54.4. The van der Waals surface area contributed by atoms with E-state index in [0.717, 1.165) is 0 Å². The molecule has 0 aromatic carbocycles. The monoisotopic (exact) mass is 1010 g/mol. The van der Waals surface area contributed by atoms with Crippen LogP contribution in [0.4, 0.5) is 0 Å². The van der Waals surface area contributed by atoms with Crippen molar-refractivity contribution >= 4 is 65.2 Å². The third-order valence-electron chi connectivity index (χ3n) is 11.3. The number of carboxylic acid groups (broad SMARTS) is 2. The van der Waals surface area contributed by atoms with Crippen molar-refractivity contribution in [3.05, 3.63) is 0 Å². The molecule has 20 N–H and O–H groups in total. The third kappa shape index (κ3) is 27.1. The van der Waals surface area contributed by atoms with Crippen LogP contribution in [-0.4, -0.2) is 150 Å². The number of guanidine groups is 1. The van der Waals surface area contributed by atoms with Gasteiger partial charge in [0.25, 0.3) is 0 Å². The first kappa shape index (κ1) is 64.9. The quantitative estimate of drug-likeness (QED) is 0.0168. The topological polar surface area (TPSA) is 447 Å². The summed E-state index contributed by atoms with van der Waals surface area (Å²) in [6.07, 6.45) is 1.87. The minimum atomic E-state index is -1.55. The molecule has 0 spiro atoms. The Labute approximate surface area is 416 Å². The van der Waals surface area contributed by atoms with Crippen molar-refractivity contribution < 1.29 is 58.2 Å². The molecule has 8 amide bonds. The fourth-order valence-corrected chi connectivity index (χ4v) is 6.95. The van der Waals surface area contributed by atoms with Crippen LogP contribution in [-0.2, 0) is 47.9 Å². The molecule has 71 heavy (non-hydrogen) atoms. The lowest BCUT2D eigenvalue weighted by molar-refractivity contribution is -0.143. The Balaban J connectivity index is 6.34. The molecule has 0 bridgehead atoms. The Kier molecular flexibility index (Phi) is 32.0. The number of hydrogen-bond acceptors (Lipinski definition) is 14. The fourth-order valence-electron chi connectivity index (χ4n) is 6.95. The molecule has 9 unspecified atom stereocenters. The van der Waals surface area contributed by atoms with E-state index in [0.29, 0.717) is 45.1 Å². The van der Waals surface area contributed by atoms with Crippen molar-refractivity contribution in [2.75, 3.05) is 26.2 Å². The molecule has 406 valence electrons. The predicted octanol–water partition coefficient (Wildman–Crippen LogP) is -2.94. The van der Waals surface area contributed by atoms with Crippen LogP contribution in [0, 0.1) is 23.2 Å². The number of hydrogen-bond donors (Lipinski definition) is 16. The van der Waals surface area contributed by atoms with Gasteiger partial charge in [0, 0.05) is 13.0 Å². The molecule has 0 aliphatic rings. The van der Waals surface area contributed by atoms with Crippen molar-refractivity contribution in [1.82, 2.24) is 47.9 Å². The van der Waals surface area contributed by atoms with Gasteiger partial charge in [0.05, 0.1) is 12.6 Å². The molecule has 0 aromatic rings. The highest BCUT2D eigenvalue weighted by atomic mass is 16.4. The van der Waals surface area contributed by atoms with Crippen LogP contribution in [0.5, 0.6) is 0 Å². The zero-order valence-corrected chi connectivity index (χ0v) is 42.5. The second kappa shape index (κ2) is 35.0. The second-order valence-corrected chi connectivity index (χ2v) is 18.4. The number of aliphatic carboxylic acids is 2. The first-order chi connectivity index (χ1) is 33.3. The van der Waals surface area contributed by atoms with Crippen LogP contribution in [0.25, 0.3) is 0 Å². The molecule has 26 nitrogen and oxygen atoms in total. The van der Waals surface area contributed by atoms with E-state index in [4.69, 9.17) is 28.3 Å². The van der Waals surface area contributed by atoms with Gasteiger partial charge in [0.1, 0.15) is 42.3 Å². The number of rotatable bonds is 37. The summed E-state index contributed by atoms with van der Waals surface area (Å²) in [6.45, 7) is 11.7. The van der Waals surface area contributed by atoms with E-state index in [-0.39, 0.29) is 50.7 Å². The van der Waals surface area contributed by atoms with Gasteiger partial charge >= 0.3 is 11.9 Å². The number of nitrogens with one attached hydrogen (secondary N) is 10. The summed E-state index contributed by atoms with van der Waals surface area (Å²) in [5.41, 5.74) is 22.8. The van der Waals surface area contributed by atoms with Gasteiger partial charge in [-0.1, -0.05) is 48.0 Å². The summed E-state index contributed by atoms with van der Waals surface area (Å²) < 4.78 is 0. The van der Waals surface area contributed by atoms with Crippen molar-refractivity contribution in [2.24, 2.45) is 40.7 Å². The molecule has 0 saturated carbocycles. The van der Waals surface area contributed by atoms with Crippen LogP contribution < -0.4 is 70.8 Å². The number of unbranched alkanes of at least 4 members (excludes halogenated alkanes) is 2. The highest BCUT2D eigenvalue weighted by Crippen LogP contribution is 2.12. The summed E-state index contributed by atoms with van der Waals surface area (Å²) in [7, 11) is 0. The van der Waals surface area contributed by atoms with E-state index in [1.54, 1.807) is 27.7 Å². The highest BCUT2D eigenvalue weighted by Gasteiger charge is 2.34. The molecule has 0 radical (unpaired) electrons. The standard InChI is InChI=1S/C45H84N14O12/c1-8-26(6)36(43(69)57-32(17-18-34(61)62)42(68)56-30(14-9-11-19-46)40(66)53-27(7)37(63)59-35(25(4)5)44(70)71)58-33(60)23-52-39(65)29(16-13-21-51-45(49)50)55-41(67)31(15-10-12-20-47)54-38(64)28(48)22-24(2)3/h24-32,35-36H,8-23,46-48H2,1-7H3,(H,52,65)(H,53,66)(H,54,64)(H,55,67)(H,56,68)(H,57,69)(H,58,60)(H,59,63)(H,61,62)(H,70,71)(H4,49,50,51). The number of carbonyl (C=O) groups excluding carboxylic acids is 8. The van der Waals surface area contributed by atoms with Gasteiger partial charge in [-0.25, -0.2) is 4.79 Å². The number of carbonyl (C=O) groups is 10. The van der Waals surface area contributed by atoms with E-state index < -0.39 is 139 Å². The first-order valence-corrected chi connectivity index (χ1v) is 24.4. The van der Waals surface area contributed by atoms with Crippen molar-refractivity contribution in [3.8, 4) is 0 Å². The molecule has 0 rings (SSSR count). The first-order valence-electron chi connectivity index (χ1n) is 24.4. The lowest BCUT2D eigenvalue weighted by Crippen LogP contribution is -2.59. The van der Waals surface area contributed by atoms with Crippen LogP contribution >= 0.6 is 0 Å². The number of amides is 8. The molecular formula is C45H84N14O12. The summed E-state index contributed by atoms with van der Waals surface area (Å²) in [5.74, 6) is -10.2. The normalized spacial score (nSPS) is 14.9. The minimum absolute atomic E-state index is 0.00288. The van der Waals surface area contributed by atoms with Crippen molar-refractivity contribution in [1.29, 1.82) is 5.41 Å². The molecule has 0 fully saturated rings.